The number of aliphatic imine (C=N–C) groups is 1. The van der Waals surface area contributed by atoms with Crippen molar-refractivity contribution in [2.24, 2.45) is 4.99 Å². The van der Waals surface area contributed by atoms with Gasteiger partial charge >= 0.3 is 0 Å². The largest absolute Gasteiger partial charge is 0.274 e. The van der Waals surface area contributed by atoms with Crippen LogP contribution >= 0.6 is 0 Å². The van der Waals surface area contributed by atoms with Gasteiger partial charge in [-0.1, -0.05) is 78.9 Å². The van der Waals surface area contributed by atoms with Crippen LogP contribution < -0.4 is 0 Å². The Morgan fingerprint density at radius 2 is 1.34 bits per heavy atom. The van der Waals surface area contributed by atoms with E-state index in [0.29, 0.717) is 53.8 Å². The zero-order chi connectivity index (χ0) is 32.2. The zero-order valence-electron chi connectivity index (χ0n) is 25.5. The maximum Gasteiger partial charge on any atom is 0.261 e. The molecule has 0 saturated carbocycles. The van der Waals surface area contributed by atoms with Gasteiger partial charge in [-0.3, -0.25) is 24.5 Å². The highest BCUT2D eigenvalue weighted by atomic mass is 19.1. The Labute approximate surface area is 271 Å². The Kier molecular flexibility index (Phi) is 8.39. The Balaban J connectivity index is 1.21. The Morgan fingerprint density at radius 3 is 2.00 bits per heavy atom. The van der Waals surface area contributed by atoms with Gasteiger partial charge in [-0.05, 0) is 61.7 Å². The van der Waals surface area contributed by atoms with Gasteiger partial charge in [0.1, 0.15) is 0 Å². The van der Waals surface area contributed by atoms with E-state index in [4.69, 9.17) is 15.0 Å². The summed E-state index contributed by atoms with van der Waals surface area (Å²) in [6, 6.07) is 37.0. The molecule has 0 saturated heterocycles. The molecule has 0 bridgehead atoms. The fourth-order valence-electron chi connectivity index (χ4n) is 5.90. The molecule has 0 N–H and O–H groups in total. The number of carbonyl (C=O) groups is 2. The molecule has 0 radical (unpaired) electrons. The number of unbranched alkanes of at least 4 members (excludes halogenated alkanes) is 1. The normalized spacial score (nSPS) is 13.1. The van der Waals surface area contributed by atoms with Gasteiger partial charge in [0.15, 0.2) is 0 Å². The Hall–Kier alpha value is -5.89. The minimum absolute atomic E-state index is 0.249. The van der Waals surface area contributed by atoms with Crippen molar-refractivity contribution < 1.29 is 14.0 Å². The van der Waals surface area contributed by atoms with Crippen LogP contribution in [0.5, 0.6) is 0 Å². The second-order valence-corrected chi connectivity index (χ2v) is 11.4. The van der Waals surface area contributed by atoms with E-state index >= 15 is 0 Å². The number of carbonyl (C=O) groups excluding carboxylic acids is 2. The molecule has 1 aliphatic rings. The van der Waals surface area contributed by atoms with Crippen molar-refractivity contribution >= 4 is 28.4 Å². The van der Waals surface area contributed by atoms with Gasteiger partial charge < -0.3 is 0 Å². The van der Waals surface area contributed by atoms with Crippen LogP contribution in [0.2, 0.25) is 0 Å². The number of rotatable bonds is 10. The molecular weight excluding hydrogens is 589 g/mol. The molecule has 7 nitrogen and oxygen atoms in total. The van der Waals surface area contributed by atoms with E-state index in [1.807, 2.05) is 78.9 Å². The first-order valence-electron chi connectivity index (χ1n) is 15.6. The van der Waals surface area contributed by atoms with Gasteiger partial charge in [-0.2, -0.15) is 4.39 Å². The maximum atomic E-state index is 13.9. The first-order chi connectivity index (χ1) is 23.0. The molecule has 8 heteroatoms. The third kappa shape index (κ3) is 6.31. The van der Waals surface area contributed by atoms with Crippen molar-refractivity contribution in [2.75, 3.05) is 6.54 Å². The summed E-state index contributed by atoms with van der Waals surface area (Å²) in [6.07, 6.45) is 3.71. The van der Waals surface area contributed by atoms with Crippen molar-refractivity contribution in [1.82, 2.24) is 19.9 Å². The minimum Gasteiger partial charge on any atom is -0.274 e. The number of fused-ring (bicyclic) bond motifs is 2. The average molecular weight is 620 g/mol. The lowest BCUT2D eigenvalue weighted by atomic mass is 10.00. The number of nitrogens with zero attached hydrogens (tertiary/aromatic N) is 5. The van der Waals surface area contributed by atoms with E-state index in [1.165, 1.54) is 11.0 Å². The smallest absolute Gasteiger partial charge is 0.261 e. The average Bonchev–Trinajstić information content (AvgIpc) is 3.36. The number of pyridine rings is 3. The van der Waals surface area contributed by atoms with E-state index in [2.05, 4.69) is 4.98 Å². The monoisotopic (exact) mass is 619 g/mol. The van der Waals surface area contributed by atoms with Crippen LogP contribution in [-0.2, 0) is 0 Å². The van der Waals surface area contributed by atoms with Gasteiger partial charge in [-0.25, -0.2) is 9.97 Å². The predicted molar refractivity (Wildman–Crippen MR) is 180 cm³/mol. The highest BCUT2D eigenvalue weighted by Gasteiger charge is 2.34. The van der Waals surface area contributed by atoms with E-state index in [1.54, 1.807) is 42.6 Å². The van der Waals surface area contributed by atoms with E-state index in [0.717, 1.165) is 27.9 Å². The first kappa shape index (κ1) is 29.8. The molecule has 0 aliphatic carbocycles. The van der Waals surface area contributed by atoms with Gasteiger partial charge in [0, 0.05) is 29.3 Å². The number of hydrogen-bond acceptors (Lipinski definition) is 6. The molecule has 0 fully saturated rings. The Morgan fingerprint density at radius 1 is 0.702 bits per heavy atom. The summed E-state index contributed by atoms with van der Waals surface area (Å²) in [5.41, 5.74) is 6.15. The van der Waals surface area contributed by atoms with Crippen molar-refractivity contribution in [3.05, 3.63) is 161 Å². The van der Waals surface area contributed by atoms with E-state index in [-0.39, 0.29) is 17.9 Å². The molecule has 230 valence electrons. The van der Waals surface area contributed by atoms with E-state index < -0.39 is 5.95 Å². The van der Waals surface area contributed by atoms with Crippen LogP contribution in [-0.4, -0.2) is 43.9 Å². The van der Waals surface area contributed by atoms with Crippen LogP contribution in [0.25, 0.3) is 22.3 Å². The highest BCUT2D eigenvalue weighted by molar-refractivity contribution is 6.21. The molecule has 3 aromatic heterocycles. The van der Waals surface area contributed by atoms with Crippen molar-refractivity contribution in [1.29, 1.82) is 0 Å². The summed E-state index contributed by atoms with van der Waals surface area (Å²) in [4.78, 5) is 46.2. The van der Waals surface area contributed by atoms with Crippen molar-refractivity contribution in [3.63, 3.8) is 0 Å². The van der Waals surface area contributed by atoms with Crippen LogP contribution in [0.4, 0.5) is 4.39 Å². The highest BCUT2D eigenvalue weighted by Crippen LogP contribution is 2.29. The SMILES string of the molecule is O=C1c2ccccc2C(=O)N1CCCCC(N=C(c1ccccc1)c1ccccc1)c1cc2nc(-c3cccc(F)n3)ccc2cn1. The fourth-order valence-corrected chi connectivity index (χ4v) is 5.90. The molecule has 6 aromatic rings. The summed E-state index contributed by atoms with van der Waals surface area (Å²) in [5.74, 6) is -1.06. The zero-order valence-corrected chi connectivity index (χ0v) is 25.5. The number of halogens is 1. The molecule has 2 amide bonds. The lowest BCUT2D eigenvalue weighted by Crippen LogP contribution is -2.30. The van der Waals surface area contributed by atoms with Crippen LogP contribution in [0, 0.1) is 5.95 Å². The molecule has 47 heavy (non-hydrogen) atoms. The second kappa shape index (κ2) is 13.2. The fraction of sp³-hybridized carbons (Fsp3) is 0.128. The third-order valence-electron chi connectivity index (χ3n) is 8.28. The summed E-state index contributed by atoms with van der Waals surface area (Å²) in [5, 5.41) is 0.841. The number of hydrogen-bond donors (Lipinski definition) is 0. The molecule has 1 atom stereocenters. The molecule has 7 rings (SSSR count). The van der Waals surface area contributed by atoms with Gasteiger partial charge in [0.25, 0.3) is 11.8 Å². The second-order valence-electron chi connectivity index (χ2n) is 11.4. The van der Waals surface area contributed by atoms with Crippen LogP contribution in [0.1, 0.15) is 62.8 Å². The van der Waals surface area contributed by atoms with Crippen LogP contribution in [0.15, 0.2) is 133 Å². The van der Waals surface area contributed by atoms with Gasteiger partial charge in [-0.15, -0.1) is 0 Å². The molecule has 1 unspecified atom stereocenters. The third-order valence-corrected chi connectivity index (χ3v) is 8.28. The molecule has 0 spiro atoms. The number of benzene rings is 3. The summed E-state index contributed by atoms with van der Waals surface area (Å²) in [7, 11) is 0. The summed E-state index contributed by atoms with van der Waals surface area (Å²) >= 11 is 0. The molecule has 1 aliphatic heterocycles. The van der Waals surface area contributed by atoms with E-state index in [9.17, 15) is 14.0 Å². The maximum absolute atomic E-state index is 13.9. The number of aromatic nitrogens is 3. The van der Waals surface area contributed by atoms with Crippen molar-refractivity contribution in [2.45, 2.75) is 25.3 Å². The first-order valence-corrected chi connectivity index (χ1v) is 15.6. The Bertz CT molecular complexity index is 2040. The molecular formula is C39H30FN5O2. The number of imide groups is 1. The van der Waals surface area contributed by atoms with Gasteiger partial charge in [0.05, 0.1) is 45.5 Å². The summed E-state index contributed by atoms with van der Waals surface area (Å²) in [6.45, 7) is 0.323. The minimum atomic E-state index is -0.565. The topological polar surface area (TPSA) is 88.4 Å². The lowest BCUT2D eigenvalue weighted by molar-refractivity contribution is 0.0651. The molecule has 3 aromatic carbocycles. The van der Waals surface area contributed by atoms with Crippen LogP contribution in [0.3, 0.4) is 0 Å². The quantitative estimate of drug-likeness (QED) is 0.0674. The number of amides is 2. The predicted octanol–water partition coefficient (Wildman–Crippen LogP) is 7.88. The summed E-state index contributed by atoms with van der Waals surface area (Å²) < 4.78 is 13.9. The standard InChI is InChI=1S/C39H30FN5O2/c40-36-20-11-19-31(43-36)33-22-21-28-25-41-35(24-34(28)42-33)32(44-37(26-12-3-1-4-13-26)27-14-5-2-6-15-27)18-9-10-23-45-38(46)29-16-7-8-17-30(29)39(45)47/h1-8,11-17,19-22,24-25,32H,9-10,18,23H2. The lowest BCUT2D eigenvalue weighted by Gasteiger charge is -2.18. The van der Waals surface area contributed by atoms with Crippen molar-refractivity contribution in [3.8, 4) is 11.4 Å². The van der Waals surface area contributed by atoms with Gasteiger partial charge in [0.2, 0.25) is 5.95 Å². The molecule has 4 heterocycles.